The first-order chi connectivity index (χ1) is 9.43. The Labute approximate surface area is 125 Å². The van der Waals surface area contributed by atoms with Crippen molar-refractivity contribution < 1.29 is 14.9 Å². The first-order valence-corrected chi connectivity index (χ1v) is 7.19. The van der Waals surface area contributed by atoms with E-state index in [0.717, 1.165) is 13.0 Å². The fourth-order valence-corrected chi connectivity index (χ4v) is 1.88. The number of aliphatic hydroxyl groups is 2. The van der Waals surface area contributed by atoms with Gasteiger partial charge in [0.2, 0.25) is 0 Å². The lowest BCUT2D eigenvalue weighted by atomic mass is 9.90. The van der Waals surface area contributed by atoms with Gasteiger partial charge in [0.15, 0.2) is 0 Å². The molecule has 5 heteroatoms. The predicted octanol–water partition coefficient (Wildman–Crippen LogP) is 2.08. The van der Waals surface area contributed by atoms with Crippen LogP contribution < -0.4 is 10.1 Å². The molecule has 1 rings (SSSR count). The van der Waals surface area contributed by atoms with E-state index in [9.17, 15) is 5.11 Å². The Kier molecular flexibility index (Phi) is 7.30. The van der Waals surface area contributed by atoms with Gasteiger partial charge in [-0.05, 0) is 36.1 Å². The first kappa shape index (κ1) is 17.2. The summed E-state index contributed by atoms with van der Waals surface area (Å²) < 4.78 is 5.46. The number of halogens is 1. The zero-order valence-corrected chi connectivity index (χ0v) is 12.9. The monoisotopic (exact) mass is 301 g/mol. The molecule has 4 nitrogen and oxygen atoms in total. The van der Waals surface area contributed by atoms with Crippen LogP contribution in [-0.2, 0) is 0 Å². The highest BCUT2D eigenvalue weighted by Crippen LogP contribution is 2.18. The highest BCUT2D eigenvalue weighted by Gasteiger charge is 2.17. The molecule has 1 aromatic carbocycles. The van der Waals surface area contributed by atoms with E-state index in [4.69, 9.17) is 21.4 Å². The summed E-state index contributed by atoms with van der Waals surface area (Å²) in [6.07, 6.45) is 0.160. The van der Waals surface area contributed by atoms with E-state index >= 15 is 0 Å². The zero-order valence-electron chi connectivity index (χ0n) is 12.1. The van der Waals surface area contributed by atoms with Gasteiger partial charge in [0, 0.05) is 24.7 Å². The summed E-state index contributed by atoms with van der Waals surface area (Å²) >= 11 is 5.78. The molecule has 0 bridgehead atoms. The molecule has 0 heterocycles. The summed E-state index contributed by atoms with van der Waals surface area (Å²) in [6, 6.07) is 7.04. The van der Waals surface area contributed by atoms with Crippen molar-refractivity contribution in [3.8, 4) is 5.75 Å². The van der Waals surface area contributed by atoms with Crippen LogP contribution >= 0.6 is 11.6 Å². The second-order valence-corrected chi connectivity index (χ2v) is 6.12. The summed E-state index contributed by atoms with van der Waals surface area (Å²) in [5, 5.41) is 22.6. The van der Waals surface area contributed by atoms with Crippen LogP contribution in [0.5, 0.6) is 5.75 Å². The third kappa shape index (κ3) is 7.10. The van der Waals surface area contributed by atoms with Crippen LogP contribution in [0.1, 0.15) is 20.3 Å². The number of hydrogen-bond donors (Lipinski definition) is 3. The molecular weight excluding hydrogens is 278 g/mol. The Hall–Kier alpha value is -0.810. The Morgan fingerprint density at radius 1 is 1.30 bits per heavy atom. The normalized spacial score (nSPS) is 13.2. The van der Waals surface area contributed by atoms with Crippen LogP contribution in [0, 0.1) is 5.41 Å². The van der Waals surface area contributed by atoms with E-state index < -0.39 is 6.10 Å². The second-order valence-electron chi connectivity index (χ2n) is 5.69. The van der Waals surface area contributed by atoms with Gasteiger partial charge < -0.3 is 20.3 Å². The summed E-state index contributed by atoms with van der Waals surface area (Å²) in [6.45, 7) is 5.76. The molecule has 0 aliphatic rings. The van der Waals surface area contributed by atoms with Crippen molar-refractivity contribution in [3.63, 3.8) is 0 Å². The molecule has 0 saturated carbocycles. The van der Waals surface area contributed by atoms with E-state index in [1.165, 1.54) is 0 Å². The molecule has 0 amide bonds. The van der Waals surface area contributed by atoms with Gasteiger partial charge in [-0.15, -0.1) is 0 Å². The Morgan fingerprint density at radius 3 is 2.55 bits per heavy atom. The largest absolute Gasteiger partial charge is 0.491 e. The smallest absolute Gasteiger partial charge is 0.119 e. The van der Waals surface area contributed by atoms with Crippen molar-refractivity contribution in [3.05, 3.63) is 29.3 Å². The van der Waals surface area contributed by atoms with Crippen molar-refractivity contribution >= 4 is 11.6 Å². The van der Waals surface area contributed by atoms with Crippen molar-refractivity contribution in [1.82, 2.24) is 5.32 Å². The molecule has 1 atom stereocenters. The lowest BCUT2D eigenvalue weighted by Gasteiger charge is -2.24. The average Bonchev–Trinajstić information content (AvgIpc) is 2.37. The molecule has 0 aromatic heterocycles. The van der Waals surface area contributed by atoms with Gasteiger partial charge in [0.05, 0.1) is 0 Å². The van der Waals surface area contributed by atoms with Crippen LogP contribution in [0.15, 0.2) is 24.3 Å². The minimum atomic E-state index is -0.574. The van der Waals surface area contributed by atoms with E-state index in [-0.39, 0.29) is 18.6 Å². The highest BCUT2D eigenvalue weighted by atomic mass is 35.5. The van der Waals surface area contributed by atoms with Crippen LogP contribution in [-0.4, -0.2) is 42.6 Å². The van der Waals surface area contributed by atoms with Gasteiger partial charge in [-0.1, -0.05) is 25.4 Å². The maximum atomic E-state index is 9.83. The molecule has 1 unspecified atom stereocenters. The van der Waals surface area contributed by atoms with Crippen LogP contribution in [0.25, 0.3) is 0 Å². The molecule has 0 aliphatic heterocycles. The van der Waals surface area contributed by atoms with Crippen molar-refractivity contribution in [2.45, 2.75) is 26.4 Å². The Bertz CT molecular complexity index is 381. The molecule has 0 saturated heterocycles. The number of aliphatic hydroxyl groups excluding tert-OH is 2. The lowest BCUT2D eigenvalue weighted by molar-refractivity contribution is 0.102. The zero-order chi connectivity index (χ0) is 15.0. The number of ether oxygens (including phenoxy) is 1. The fourth-order valence-electron chi connectivity index (χ4n) is 1.75. The van der Waals surface area contributed by atoms with Crippen molar-refractivity contribution in [2.24, 2.45) is 5.41 Å². The van der Waals surface area contributed by atoms with E-state index in [2.05, 4.69) is 19.2 Å². The standard InChI is InChI=1S/C15H24ClNO3/c1-15(2,7-8-18)11-17-9-13(19)10-20-14-5-3-12(16)4-6-14/h3-6,13,17-19H,7-11H2,1-2H3. The Balaban J connectivity index is 2.20. The molecule has 0 spiro atoms. The highest BCUT2D eigenvalue weighted by molar-refractivity contribution is 6.30. The molecule has 0 fully saturated rings. The van der Waals surface area contributed by atoms with Gasteiger partial charge in [-0.2, -0.15) is 0 Å². The molecule has 0 radical (unpaired) electrons. The molecule has 114 valence electrons. The van der Waals surface area contributed by atoms with Crippen molar-refractivity contribution in [1.29, 1.82) is 0 Å². The van der Waals surface area contributed by atoms with Crippen molar-refractivity contribution in [2.75, 3.05) is 26.3 Å². The number of hydrogen-bond acceptors (Lipinski definition) is 4. The number of benzene rings is 1. The van der Waals surface area contributed by atoms with Gasteiger partial charge in [-0.3, -0.25) is 0 Å². The summed E-state index contributed by atoms with van der Waals surface area (Å²) in [7, 11) is 0. The van der Waals surface area contributed by atoms with E-state index in [1.807, 2.05) is 0 Å². The molecule has 3 N–H and O–H groups in total. The second kappa shape index (κ2) is 8.47. The summed E-state index contributed by atoms with van der Waals surface area (Å²) in [5.41, 5.74) is 0.0194. The van der Waals surface area contributed by atoms with Crippen LogP contribution in [0.4, 0.5) is 0 Å². The van der Waals surface area contributed by atoms with E-state index in [0.29, 0.717) is 17.3 Å². The first-order valence-electron chi connectivity index (χ1n) is 6.81. The quantitative estimate of drug-likeness (QED) is 0.653. The van der Waals surface area contributed by atoms with Gasteiger partial charge in [0.25, 0.3) is 0 Å². The maximum Gasteiger partial charge on any atom is 0.119 e. The van der Waals surface area contributed by atoms with E-state index in [1.54, 1.807) is 24.3 Å². The topological polar surface area (TPSA) is 61.7 Å². The Morgan fingerprint density at radius 2 is 1.95 bits per heavy atom. The molecule has 1 aromatic rings. The molecular formula is C15H24ClNO3. The predicted molar refractivity (Wildman–Crippen MR) is 81.3 cm³/mol. The van der Waals surface area contributed by atoms with Gasteiger partial charge >= 0.3 is 0 Å². The minimum absolute atomic E-state index is 0.0194. The minimum Gasteiger partial charge on any atom is -0.491 e. The fraction of sp³-hybridized carbons (Fsp3) is 0.600. The number of nitrogens with one attached hydrogen (secondary N) is 1. The van der Waals surface area contributed by atoms with Gasteiger partial charge in [-0.25, -0.2) is 0 Å². The SMILES string of the molecule is CC(C)(CCO)CNCC(O)COc1ccc(Cl)cc1. The third-order valence-corrected chi connectivity index (χ3v) is 3.28. The summed E-state index contributed by atoms with van der Waals surface area (Å²) in [4.78, 5) is 0. The maximum absolute atomic E-state index is 9.83. The summed E-state index contributed by atoms with van der Waals surface area (Å²) in [5.74, 6) is 0.689. The van der Waals surface area contributed by atoms with Crippen LogP contribution in [0.3, 0.4) is 0 Å². The lowest BCUT2D eigenvalue weighted by Crippen LogP contribution is -2.37. The number of rotatable bonds is 9. The third-order valence-electron chi connectivity index (χ3n) is 3.03. The molecule has 20 heavy (non-hydrogen) atoms. The van der Waals surface area contributed by atoms with Gasteiger partial charge in [0.1, 0.15) is 18.5 Å². The average molecular weight is 302 g/mol. The molecule has 0 aliphatic carbocycles. The van der Waals surface area contributed by atoms with Crippen LogP contribution in [0.2, 0.25) is 5.02 Å².